The first kappa shape index (κ1) is 13.6. The van der Waals surface area contributed by atoms with Crippen LogP contribution in [0, 0.1) is 16.7 Å². The van der Waals surface area contributed by atoms with Crippen LogP contribution >= 0.6 is 11.6 Å². The Labute approximate surface area is 118 Å². The number of hydrogen-bond donors (Lipinski definition) is 4. The minimum Gasteiger partial charge on any atom is -0.480 e. The molecule has 1 aliphatic heterocycles. The molecule has 5 N–H and O–H groups in total. The van der Waals surface area contributed by atoms with Gasteiger partial charge in [0.25, 0.3) is 5.91 Å². The summed E-state index contributed by atoms with van der Waals surface area (Å²) in [6.07, 6.45) is 0. The van der Waals surface area contributed by atoms with E-state index in [2.05, 4.69) is 15.8 Å². The van der Waals surface area contributed by atoms with E-state index in [0.29, 0.717) is 17.1 Å². The van der Waals surface area contributed by atoms with Crippen molar-refractivity contribution in [3.63, 3.8) is 0 Å². The van der Waals surface area contributed by atoms with Crippen LogP contribution in [0.3, 0.4) is 0 Å². The van der Waals surface area contributed by atoms with Gasteiger partial charge in [0.1, 0.15) is 6.07 Å². The number of nitrogens with one attached hydrogen (secondary N) is 3. The van der Waals surface area contributed by atoms with E-state index in [1.165, 1.54) is 12.1 Å². The summed E-state index contributed by atoms with van der Waals surface area (Å²) in [5.41, 5.74) is 8.24. The van der Waals surface area contributed by atoms with Gasteiger partial charge in [-0.05, 0) is 12.1 Å². The van der Waals surface area contributed by atoms with Crippen LogP contribution in [-0.4, -0.2) is 24.1 Å². The quantitative estimate of drug-likeness (QED) is 0.373. The van der Waals surface area contributed by atoms with Gasteiger partial charge in [-0.15, -0.1) is 0 Å². The van der Waals surface area contributed by atoms with Gasteiger partial charge in [-0.2, -0.15) is 10.4 Å². The first-order valence-electron chi connectivity index (χ1n) is 5.35. The zero-order valence-electron chi connectivity index (χ0n) is 10.0. The lowest BCUT2D eigenvalue weighted by Gasteiger charge is -2.19. The van der Waals surface area contributed by atoms with Crippen molar-refractivity contribution in [2.75, 3.05) is 17.3 Å². The number of ether oxygens (including phenoxy) is 1. The molecule has 20 heavy (non-hydrogen) atoms. The molecule has 0 radical (unpaired) electrons. The number of amidine groups is 1. The Morgan fingerprint density at radius 2 is 2.40 bits per heavy atom. The third-order valence-corrected chi connectivity index (χ3v) is 2.60. The molecule has 0 spiro atoms. The molecule has 0 aromatic heterocycles. The van der Waals surface area contributed by atoms with E-state index in [1.54, 1.807) is 6.07 Å². The van der Waals surface area contributed by atoms with Crippen LogP contribution in [0.2, 0.25) is 5.02 Å². The normalized spacial score (nSPS) is 13.6. The van der Waals surface area contributed by atoms with Crippen LogP contribution < -0.4 is 21.2 Å². The Balaban J connectivity index is 2.29. The molecule has 9 heteroatoms. The fraction of sp³-hybridized carbons (Fsp3) is 0.0909. The summed E-state index contributed by atoms with van der Waals surface area (Å²) < 4.78 is 5.19. The zero-order valence-corrected chi connectivity index (χ0v) is 10.8. The predicted molar refractivity (Wildman–Crippen MR) is 74.2 cm³/mol. The molecule has 0 aliphatic carbocycles. The van der Waals surface area contributed by atoms with Gasteiger partial charge in [0.2, 0.25) is 5.71 Å². The largest absolute Gasteiger partial charge is 0.480 e. The lowest BCUT2D eigenvalue weighted by molar-refractivity contribution is -0.118. The number of anilines is 2. The second-order valence-electron chi connectivity index (χ2n) is 3.77. The number of amides is 1. The van der Waals surface area contributed by atoms with E-state index >= 15 is 0 Å². The third kappa shape index (κ3) is 2.78. The summed E-state index contributed by atoms with van der Waals surface area (Å²) in [5.74, 6) is -0.385. The zero-order chi connectivity index (χ0) is 14.7. The van der Waals surface area contributed by atoms with Gasteiger partial charge in [0.05, 0.1) is 16.4 Å². The average Bonchev–Trinajstić information content (AvgIpc) is 2.38. The van der Waals surface area contributed by atoms with Crippen LogP contribution in [-0.2, 0) is 4.79 Å². The number of fused-ring (bicyclic) bond motifs is 1. The minimum absolute atomic E-state index is 0.0967. The highest BCUT2D eigenvalue weighted by Crippen LogP contribution is 2.38. The second-order valence-corrected chi connectivity index (χ2v) is 4.18. The maximum atomic E-state index is 11.2. The van der Waals surface area contributed by atoms with Gasteiger partial charge in [-0.3, -0.25) is 15.6 Å². The topological polar surface area (TPSA) is 136 Å². The lowest BCUT2D eigenvalue weighted by atomic mass is 10.2. The molecule has 1 aliphatic rings. The molecule has 0 unspecified atom stereocenters. The molecule has 1 aromatic rings. The van der Waals surface area contributed by atoms with Crippen molar-refractivity contribution in [2.24, 2.45) is 10.8 Å². The van der Waals surface area contributed by atoms with Crippen molar-refractivity contribution in [2.45, 2.75) is 0 Å². The Morgan fingerprint density at radius 1 is 1.65 bits per heavy atom. The molecule has 0 atom stereocenters. The highest BCUT2D eigenvalue weighted by atomic mass is 35.5. The van der Waals surface area contributed by atoms with Crippen molar-refractivity contribution < 1.29 is 9.53 Å². The summed E-state index contributed by atoms with van der Waals surface area (Å²) in [5, 5.41) is 22.4. The van der Waals surface area contributed by atoms with Crippen molar-refractivity contribution in [1.82, 2.24) is 0 Å². The molecule has 8 nitrogen and oxygen atoms in total. The highest BCUT2D eigenvalue weighted by Gasteiger charge is 2.19. The fourth-order valence-corrected chi connectivity index (χ4v) is 1.76. The Hall–Kier alpha value is -2.79. The van der Waals surface area contributed by atoms with Gasteiger partial charge >= 0.3 is 0 Å². The molecule has 1 amide bonds. The number of carbonyl (C=O) groups is 1. The lowest BCUT2D eigenvalue weighted by Crippen LogP contribution is -2.25. The molecule has 1 aromatic carbocycles. The Bertz CT molecular complexity index is 664. The number of nitriles is 1. The molecular formula is C11H9ClN6O2. The number of nitrogens with two attached hydrogens (primary N) is 1. The standard InChI is InChI=1S/C11H9ClN6O2/c12-6-1-5(17-18-8(3-13)11(14)15)2-7-10(6)20-4-9(19)16-7/h1-2,17H,4H2,(H3,14,15)(H,16,19)/b18-8+. The van der Waals surface area contributed by atoms with Gasteiger partial charge < -0.3 is 15.8 Å². The molecule has 0 saturated carbocycles. The molecule has 102 valence electrons. The number of halogens is 1. The van der Waals surface area contributed by atoms with Crippen molar-refractivity contribution >= 4 is 40.4 Å². The monoisotopic (exact) mass is 292 g/mol. The first-order valence-corrected chi connectivity index (χ1v) is 5.73. The van der Waals surface area contributed by atoms with Gasteiger partial charge in [-0.25, -0.2) is 0 Å². The smallest absolute Gasteiger partial charge is 0.262 e. The number of benzene rings is 1. The van der Waals surface area contributed by atoms with Crippen LogP contribution in [0.5, 0.6) is 5.75 Å². The molecule has 0 fully saturated rings. The number of rotatable bonds is 3. The van der Waals surface area contributed by atoms with E-state index in [0.717, 1.165) is 0 Å². The summed E-state index contributed by atoms with van der Waals surface area (Å²) in [6.45, 7) is -0.0967. The van der Waals surface area contributed by atoms with Crippen LogP contribution in [0.25, 0.3) is 0 Å². The van der Waals surface area contributed by atoms with E-state index in [9.17, 15) is 4.79 Å². The minimum atomic E-state index is -0.458. The maximum Gasteiger partial charge on any atom is 0.262 e. The number of carbonyl (C=O) groups excluding carboxylic acids is 1. The van der Waals surface area contributed by atoms with E-state index in [1.807, 2.05) is 0 Å². The highest BCUT2D eigenvalue weighted by molar-refractivity contribution is 6.45. The van der Waals surface area contributed by atoms with Crippen LogP contribution in [0.15, 0.2) is 17.2 Å². The molecule has 2 rings (SSSR count). The van der Waals surface area contributed by atoms with Crippen LogP contribution in [0.4, 0.5) is 11.4 Å². The molecule has 0 saturated heterocycles. The third-order valence-electron chi connectivity index (χ3n) is 2.32. The summed E-state index contributed by atoms with van der Waals surface area (Å²) in [6, 6.07) is 4.72. The van der Waals surface area contributed by atoms with Crippen molar-refractivity contribution in [3.05, 3.63) is 17.2 Å². The predicted octanol–water partition coefficient (Wildman–Crippen LogP) is 0.898. The number of hydrogen-bond acceptors (Lipinski definition) is 6. The Kier molecular flexibility index (Phi) is 3.72. The molecular weight excluding hydrogens is 284 g/mol. The summed E-state index contributed by atoms with van der Waals surface area (Å²) >= 11 is 6.01. The van der Waals surface area contributed by atoms with Gasteiger partial charge in [0.15, 0.2) is 18.2 Å². The van der Waals surface area contributed by atoms with Gasteiger partial charge in [-0.1, -0.05) is 11.6 Å². The molecule has 0 bridgehead atoms. The molecule has 1 heterocycles. The number of hydrazone groups is 1. The Morgan fingerprint density at radius 3 is 3.05 bits per heavy atom. The van der Waals surface area contributed by atoms with E-state index < -0.39 is 5.84 Å². The SMILES string of the molecule is N#C/C(=N\Nc1cc(Cl)c2c(c1)NC(=O)CO2)C(=N)N. The summed E-state index contributed by atoms with van der Waals surface area (Å²) in [4.78, 5) is 11.2. The maximum absolute atomic E-state index is 11.2. The average molecular weight is 293 g/mol. The fourth-order valence-electron chi connectivity index (χ4n) is 1.49. The summed E-state index contributed by atoms with van der Waals surface area (Å²) in [7, 11) is 0. The van der Waals surface area contributed by atoms with Crippen molar-refractivity contribution in [3.8, 4) is 11.8 Å². The van der Waals surface area contributed by atoms with Gasteiger partial charge in [0, 0.05) is 0 Å². The van der Waals surface area contributed by atoms with Crippen LogP contribution in [0.1, 0.15) is 0 Å². The first-order chi connectivity index (χ1) is 9.51. The van der Waals surface area contributed by atoms with Crippen molar-refractivity contribution in [1.29, 1.82) is 10.7 Å². The second kappa shape index (κ2) is 5.46. The van der Waals surface area contributed by atoms with E-state index in [-0.39, 0.29) is 23.2 Å². The number of nitrogens with zero attached hydrogens (tertiary/aromatic N) is 2. The van der Waals surface area contributed by atoms with E-state index in [4.69, 9.17) is 32.7 Å².